The molecule has 0 spiro atoms. The standard InChI is InChI=1S/C32H29ClN6O4/c33-24-11-9-22(10-12-24)17-26(36-31(41)30-18-28(40)25-6-2-4-8-29(25)43-30)32(42)38-15-13-37(14-16-38)27-7-3-1-5-23(27)19-39-21-34-20-35-39/h1-12,18,20-21,26H,13-17,19H2,(H,36,41)/t26-/m1/s1. The van der Waals surface area contributed by atoms with Crippen molar-refractivity contribution in [1.82, 2.24) is 25.0 Å². The van der Waals surface area contributed by atoms with E-state index in [1.165, 1.54) is 6.33 Å². The number of nitrogens with one attached hydrogen (secondary N) is 1. The van der Waals surface area contributed by atoms with Gasteiger partial charge in [0.25, 0.3) is 5.91 Å². The molecule has 2 amide bonds. The van der Waals surface area contributed by atoms with Crippen LogP contribution in [0.15, 0.2) is 101 Å². The monoisotopic (exact) mass is 596 g/mol. The number of hydrogen-bond donors (Lipinski definition) is 1. The van der Waals surface area contributed by atoms with E-state index in [-0.39, 0.29) is 23.5 Å². The average Bonchev–Trinajstić information content (AvgIpc) is 3.55. The summed E-state index contributed by atoms with van der Waals surface area (Å²) < 4.78 is 7.52. The largest absolute Gasteiger partial charge is 0.451 e. The first kappa shape index (κ1) is 28.2. The summed E-state index contributed by atoms with van der Waals surface area (Å²) in [7, 11) is 0. The van der Waals surface area contributed by atoms with E-state index in [2.05, 4.69) is 32.4 Å². The van der Waals surface area contributed by atoms with Crippen LogP contribution in [0.25, 0.3) is 11.0 Å². The summed E-state index contributed by atoms with van der Waals surface area (Å²) in [6, 6.07) is 22.3. The highest BCUT2D eigenvalue weighted by molar-refractivity contribution is 6.30. The van der Waals surface area contributed by atoms with Crippen molar-refractivity contribution < 1.29 is 14.0 Å². The third kappa shape index (κ3) is 6.44. The van der Waals surface area contributed by atoms with Crippen molar-refractivity contribution in [1.29, 1.82) is 0 Å². The molecule has 1 fully saturated rings. The second kappa shape index (κ2) is 12.5. The van der Waals surface area contributed by atoms with Crippen molar-refractivity contribution in [2.24, 2.45) is 0 Å². The van der Waals surface area contributed by atoms with Crippen molar-refractivity contribution in [2.75, 3.05) is 31.1 Å². The van der Waals surface area contributed by atoms with Gasteiger partial charge in [-0.1, -0.05) is 54.1 Å². The molecule has 0 radical (unpaired) electrons. The molecule has 0 saturated carbocycles. The molecule has 3 heterocycles. The van der Waals surface area contributed by atoms with E-state index in [1.807, 2.05) is 24.3 Å². The van der Waals surface area contributed by atoms with Crippen LogP contribution >= 0.6 is 11.6 Å². The van der Waals surface area contributed by atoms with Crippen LogP contribution in [0.3, 0.4) is 0 Å². The van der Waals surface area contributed by atoms with Crippen LogP contribution in [0.4, 0.5) is 5.69 Å². The number of amides is 2. The van der Waals surface area contributed by atoms with Crippen molar-refractivity contribution >= 4 is 40.1 Å². The van der Waals surface area contributed by atoms with E-state index in [1.54, 1.807) is 52.3 Å². The summed E-state index contributed by atoms with van der Waals surface area (Å²) in [5, 5.41) is 8.02. The third-order valence-electron chi connectivity index (χ3n) is 7.54. The van der Waals surface area contributed by atoms with E-state index in [0.29, 0.717) is 48.7 Å². The van der Waals surface area contributed by atoms with Crippen LogP contribution in [0.2, 0.25) is 5.02 Å². The van der Waals surface area contributed by atoms with Crippen LogP contribution in [0, 0.1) is 0 Å². The van der Waals surface area contributed by atoms with Crippen molar-refractivity contribution in [3.63, 3.8) is 0 Å². The predicted molar refractivity (Wildman–Crippen MR) is 163 cm³/mol. The highest BCUT2D eigenvalue weighted by atomic mass is 35.5. The first-order valence-electron chi connectivity index (χ1n) is 14.0. The van der Waals surface area contributed by atoms with E-state index in [0.717, 1.165) is 22.9 Å². The fraction of sp³-hybridized carbons (Fsp3) is 0.219. The van der Waals surface area contributed by atoms with Gasteiger partial charge in [-0.15, -0.1) is 0 Å². The lowest BCUT2D eigenvalue weighted by Gasteiger charge is -2.38. The van der Waals surface area contributed by atoms with Gasteiger partial charge in [-0.25, -0.2) is 9.67 Å². The van der Waals surface area contributed by atoms with E-state index < -0.39 is 11.9 Å². The number of hydrogen-bond acceptors (Lipinski definition) is 7. The first-order valence-corrected chi connectivity index (χ1v) is 14.3. The fourth-order valence-electron chi connectivity index (χ4n) is 5.33. The minimum atomic E-state index is -0.878. The first-order chi connectivity index (χ1) is 20.9. The third-order valence-corrected chi connectivity index (χ3v) is 7.79. The second-order valence-electron chi connectivity index (χ2n) is 10.4. The molecule has 10 nitrogen and oxygen atoms in total. The molecule has 1 atom stereocenters. The molecule has 1 aliphatic heterocycles. The number of fused-ring (bicyclic) bond motifs is 1. The quantitative estimate of drug-likeness (QED) is 0.290. The molecule has 1 N–H and O–H groups in total. The Kier molecular flexibility index (Phi) is 8.19. The zero-order valence-corrected chi connectivity index (χ0v) is 24.0. The molecule has 0 aliphatic carbocycles. The Labute approximate surface area is 252 Å². The Bertz CT molecular complexity index is 1800. The van der Waals surface area contributed by atoms with Crippen LogP contribution < -0.4 is 15.6 Å². The Morgan fingerprint density at radius 2 is 1.70 bits per heavy atom. The molecule has 1 aliphatic rings. The van der Waals surface area contributed by atoms with Crippen LogP contribution in [-0.4, -0.2) is 63.7 Å². The SMILES string of the molecule is O=C(N[C@H](Cc1ccc(Cl)cc1)C(=O)N1CCN(c2ccccc2Cn2cncn2)CC1)c1cc(=O)c2ccccc2o1. The molecule has 11 heteroatoms. The number of para-hydroxylation sites is 2. The summed E-state index contributed by atoms with van der Waals surface area (Å²) in [6.07, 6.45) is 3.45. The van der Waals surface area contributed by atoms with Crippen molar-refractivity contribution in [3.05, 3.63) is 124 Å². The number of carbonyl (C=O) groups excluding carboxylic acids is 2. The fourth-order valence-corrected chi connectivity index (χ4v) is 5.46. The van der Waals surface area contributed by atoms with Crippen molar-refractivity contribution in [2.45, 2.75) is 19.0 Å². The average molecular weight is 597 g/mol. The van der Waals surface area contributed by atoms with E-state index in [9.17, 15) is 14.4 Å². The topological polar surface area (TPSA) is 114 Å². The number of halogens is 1. The molecule has 6 rings (SSSR count). The Hall–Kier alpha value is -4.96. The maximum absolute atomic E-state index is 13.9. The number of nitrogens with zero attached hydrogens (tertiary/aromatic N) is 5. The zero-order chi connectivity index (χ0) is 29.8. The maximum atomic E-state index is 13.9. The van der Waals surface area contributed by atoms with Gasteiger partial charge in [0.05, 0.1) is 11.9 Å². The minimum Gasteiger partial charge on any atom is -0.451 e. The van der Waals surface area contributed by atoms with Crippen molar-refractivity contribution in [3.8, 4) is 0 Å². The predicted octanol–water partition coefficient (Wildman–Crippen LogP) is 3.78. The van der Waals surface area contributed by atoms with Gasteiger partial charge in [0.1, 0.15) is 24.3 Å². The van der Waals surface area contributed by atoms with Crippen LogP contribution in [0.5, 0.6) is 0 Å². The van der Waals surface area contributed by atoms with Crippen LogP contribution in [0.1, 0.15) is 21.7 Å². The zero-order valence-electron chi connectivity index (χ0n) is 23.2. The molecule has 1 saturated heterocycles. The Morgan fingerprint density at radius 3 is 2.47 bits per heavy atom. The highest BCUT2D eigenvalue weighted by Crippen LogP contribution is 2.23. The molecule has 0 unspecified atom stereocenters. The lowest BCUT2D eigenvalue weighted by atomic mass is 10.0. The lowest BCUT2D eigenvalue weighted by Crippen LogP contribution is -2.55. The number of anilines is 1. The van der Waals surface area contributed by atoms with E-state index >= 15 is 0 Å². The summed E-state index contributed by atoms with van der Waals surface area (Å²) >= 11 is 6.07. The van der Waals surface area contributed by atoms with Gasteiger partial charge in [-0.2, -0.15) is 5.10 Å². The minimum absolute atomic E-state index is 0.147. The summed E-state index contributed by atoms with van der Waals surface area (Å²) in [5.74, 6) is -0.982. The van der Waals surface area contributed by atoms with Gasteiger partial charge in [0.2, 0.25) is 5.91 Å². The normalized spacial score (nSPS) is 14.1. The molecular formula is C32H29ClN6O4. The van der Waals surface area contributed by atoms with Gasteiger partial charge < -0.3 is 19.5 Å². The van der Waals surface area contributed by atoms with Crippen LogP contribution in [-0.2, 0) is 17.8 Å². The number of piperazine rings is 1. The summed E-state index contributed by atoms with van der Waals surface area (Å²) in [4.78, 5) is 47.9. The highest BCUT2D eigenvalue weighted by Gasteiger charge is 2.30. The lowest BCUT2D eigenvalue weighted by molar-refractivity contribution is -0.133. The van der Waals surface area contributed by atoms with Gasteiger partial charge in [0.15, 0.2) is 11.2 Å². The molecular weight excluding hydrogens is 568 g/mol. The molecule has 0 bridgehead atoms. The maximum Gasteiger partial charge on any atom is 0.287 e. The number of aromatic nitrogens is 3. The Morgan fingerprint density at radius 1 is 0.953 bits per heavy atom. The molecule has 2 aromatic heterocycles. The second-order valence-corrected chi connectivity index (χ2v) is 10.8. The number of rotatable bonds is 8. The molecule has 5 aromatic rings. The summed E-state index contributed by atoms with van der Waals surface area (Å²) in [6.45, 7) is 2.81. The Balaban J connectivity index is 1.19. The van der Waals surface area contributed by atoms with E-state index in [4.69, 9.17) is 16.0 Å². The molecule has 43 heavy (non-hydrogen) atoms. The molecule has 3 aromatic carbocycles. The smallest absolute Gasteiger partial charge is 0.287 e. The molecule has 218 valence electrons. The van der Waals surface area contributed by atoms with Gasteiger partial charge in [-0.05, 0) is 41.5 Å². The van der Waals surface area contributed by atoms with Gasteiger partial charge >= 0.3 is 0 Å². The number of benzene rings is 3. The summed E-state index contributed by atoms with van der Waals surface area (Å²) in [5.41, 5.74) is 3.01. The van der Waals surface area contributed by atoms with Gasteiger partial charge in [-0.3, -0.25) is 14.4 Å². The van der Waals surface area contributed by atoms with Gasteiger partial charge in [0, 0.05) is 49.4 Å². The number of carbonyl (C=O) groups is 2.